The lowest BCUT2D eigenvalue weighted by Crippen LogP contribution is -2.56. The molecule has 1 fully saturated rings. The number of rotatable bonds is 3. The van der Waals surface area contributed by atoms with Crippen molar-refractivity contribution in [3.05, 3.63) is 23.8 Å². The van der Waals surface area contributed by atoms with Crippen molar-refractivity contribution in [2.45, 2.75) is 12.5 Å². The highest BCUT2D eigenvalue weighted by Gasteiger charge is 2.32. The summed E-state index contributed by atoms with van der Waals surface area (Å²) in [6, 6.07) is 4.77. The van der Waals surface area contributed by atoms with E-state index in [1.54, 1.807) is 29.0 Å². The molecule has 1 saturated heterocycles. The van der Waals surface area contributed by atoms with Crippen LogP contribution < -0.4 is 9.47 Å². The van der Waals surface area contributed by atoms with Crippen LogP contribution in [0.4, 0.5) is 0 Å². The van der Waals surface area contributed by atoms with E-state index >= 15 is 0 Å². The van der Waals surface area contributed by atoms with Gasteiger partial charge in [0.05, 0.1) is 6.42 Å². The van der Waals surface area contributed by atoms with Crippen LogP contribution in [-0.4, -0.2) is 66.3 Å². The SMILES string of the molecule is CN1CCN(C(=O)Cc2ccc3c(c2)OCO3)C[C@@H]1C(=O)O. The van der Waals surface area contributed by atoms with Gasteiger partial charge in [0.1, 0.15) is 6.04 Å². The van der Waals surface area contributed by atoms with Crippen molar-refractivity contribution in [1.29, 1.82) is 0 Å². The molecule has 7 heteroatoms. The molecular formula is C15H18N2O5. The van der Waals surface area contributed by atoms with Crippen molar-refractivity contribution in [2.75, 3.05) is 33.5 Å². The van der Waals surface area contributed by atoms with E-state index in [2.05, 4.69) is 0 Å². The number of aliphatic carboxylic acids is 1. The first-order chi connectivity index (χ1) is 10.5. The summed E-state index contributed by atoms with van der Waals surface area (Å²) < 4.78 is 10.5. The Hall–Kier alpha value is -2.28. The van der Waals surface area contributed by atoms with Gasteiger partial charge in [0, 0.05) is 19.6 Å². The normalized spacial score (nSPS) is 21.0. The lowest BCUT2D eigenvalue weighted by molar-refractivity contribution is -0.147. The van der Waals surface area contributed by atoms with Crippen LogP contribution in [0, 0.1) is 0 Å². The van der Waals surface area contributed by atoms with Crippen LogP contribution in [-0.2, 0) is 16.0 Å². The first kappa shape index (κ1) is 14.6. The molecule has 0 unspecified atom stereocenters. The average molecular weight is 306 g/mol. The van der Waals surface area contributed by atoms with Crippen LogP contribution in [0.25, 0.3) is 0 Å². The number of nitrogens with zero attached hydrogens (tertiary/aromatic N) is 2. The highest BCUT2D eigenvalue weighted by atomic mass is 16.7. The van der Waals surface area contributed by atoms with Crippen LogP contribution in [0.2, 0.25) is 0 Å². The number of likely N-dealkylation sites (N-methyl/N-ethyl adjacent to an activating group) is 1. The molecular weight excluding hydrogens is 288 g/mol. The monoisotopic (exact) mass is 306 g/mol. The largest absolute Gasteiger partial charge is 0.480 e. The number of fused-ring (bicyclic) bond motifs is 1. The Morgan fingerprint density at radius 1 is 1.27 bits per heavy atom. The van der Waals surface area contributed by atoms with Crippen molar-refractivity contribution in [1.82, 2.24) is 9.80 Å². The van der Waals surface area contributed by atoms with Gasteiger partial charge in [-0.3, -0.25) is 14.5 Å². The predicted molar refractivity (Wildman–Crippen MR) is 76.9 cm³/mol. The third-order valence-corrected chi connectivity index (χ3v) is 4.08. The number of carbonyl (C=O) groups excluding carboxylic acids is 1. The minimum Gasteiger partial charge on any atom is -0.480 e. The molecule has 118 valence electrons. The van der Waals surface area contributed by atoms with Gasteiger partial charge in [0.15, 0.2) is 11.5 Å². The molecule has 2 aliphatic heterocycles. The summed E-state index contributed by atoms with van der Waals surface area (Å²) in [5, 5.41) is 9.19. The van der Waals surface area contributed by atoms with Crippen molar-refractivity contribution in [2.24, 2.45) is 0 Å². The second-order valence-electron chi connectivity index (χ2n) is 5.54. The van der Waals surface area contributed by atoms with Gasteiger partial charge in [-0.05, 0) is 24.7 Å². The van der Waals surface area contributed by atoms with Gasteiger partial charge in [-0.25, -0.2) is 0 Å². The number of benzene rings is 1. The number of carboxylic acids is 1. The second-order valence-corrected chi connectivity index (χ2v) is 5.54. The van der Waals surface area contributed by atoms with Crippen molar-refractivity contribution in [3.63, 3.8) is 0 Å². The standard InChI is InChI=1S/C15H18N2O5/c1-16-4-5-17(8-11(16)15(19)20)14(18)7-10-2-3-12-13(6-10)22-9-21-12/h2-3,6,11H,4-5,7-9H2,1H3,(H,19,20)/t11-/m1/s1. The van der Waals surface area contributed by atoms with Crippen LogP contribution >= 0.6 is 0 Å². The molecule has 22 heavy (non-hydrogen) atoms. The predicted octanol–water partition coefficient (Wildman–Crippen LogP) is 0.185. The molecule has 1 aromatic carbocycles. The number of carbonyl (C=O) groups is 2. The quantitative estimate of drug-likeness (QED) is 0.858. The zero-order valence-corrected chi connectivity index (χ0v) is 12.3. The first-order valence-electron chi connectivity index (χ1n) is 7.14. The Balaban J connectivity index is 1.65. The van der Waals surface area contributed by atoms with E-state index < -0.39 is 12.0 Å². The Bertz CT molecular complexity index is 604. The fourth-order valence-electron chi connectivity index (χ4n) is 2.70. The molecule has 0 aromatic heterocycles. The summed E-state index contributed by atoms with van der Waals surface area (Å²) in [7, 11) is 1.76. The van der Waals surface area contributed by atoms with Gasteiger partial charge >= 0.3 is 5.97 Å². The van der Waals surface area contributed by atoms with Gasteiger partial charge in [0.2, 0.25) is 12.7 Å². The van der Waals surface area contributed by atoms with Crippen LogP contribution in [0.5, 0.6) is 11.5 Å². The Morgan fingerprint density at radius 3 is 2.82 bits per heavy atom. The number of hydrogen-bond donors (Lipinski definition) is 1. The summed E-state index contributed by atoms with van der Waals surface area (Å²) in [5.41, 5.74) is 0.833. The number of piperazine rings is 1. The number of hydrogen-bond acceptors (Lipinski definition) is 5. The maximum atomic E-state index is 12.4. The van der Waals surface area contributed by atoms with Gasteiger partial charge in [0.25, 0.3) is 0 Å². The number of amides is 1. The van der Waals surface area contributed by atoms with Gasteiger partial charge in [-0.1, -0.05) is 6.07 Å². The molecule has 2 heterocycles. The molecule has 1 N–H and O–H groups in total. The number of carboxylic acid groups (broad SMARTS) is 1. The zero-order valence-electron chi connectivity index (χ0n) is 12.3. The van der Waals surface area contributed by atoms with Gasteiger partial charge in [-0.15, -0.1) is 0 Å². The third-order valence-electron chi connectivity index (χ3n) is 4.08. The van der Waals surface area contributed by atoms with Crippen molar-refractivity contribution >= 4 is 11.9 Å². The van der Waals surface area contributed by atoms with Gasteiger partial charge in [-0.2, -0.15) is 0 Å². The van der Waals surface area contributed by atoms with Crippen LogP contribution in [0.15, 0.2) is 18.2 Å². The maximum Gasteiger partial charge on any atom is 0.322 e. The molecule has 7 nitrogen and oxygen atoms in total. The molecule has 0 spiro atoms. The van der Waals surface area contributed by atoms with E-state index in [9.17, 15) is 14.7 Å². The lowest BCUT2D eigenvalue weighted by Gasteiger charge is -2.37. The Kier molecular flexibility index (Phi) is 3.89. The summed E-state index contributed by atoms with van der Waals surface area (Å²) >= 11 is 0. The number of ether oxygens (including phenoxy) is 2. The minimum atomic E-state index is -0.900. The van der Waals surface area contributed by atoms with E-state index in [4.69, 9.17) is 9.47 Å². The van der Waals surface area contributed by atoms with Crippen LogP contribution in [0.3, 0.4) is 0 Å². The second kappa shape index (κ2) is 5.84. The zero-order chi connectivity index (χ0) is 15.7. The molecule has 0 aliphatic carbocycles. The lowest BCUT2D eigenvalue weighted by atomic mass is 10.1. The van der Waals surface area contributed by atoms with Crippen molar-refractivity contribution < 1.29 is 24.2 Å². The fraction of sp³-hybridized carbons (Fsp3) is 0.467. The van der Waals surface area contributed by atoms with E-state index in [1.807, 2.05) is 6.07 Å². The summed E-state index contributed by atoms with van der Waals surface area (Å²) in [6.07, 6.45) is 0.229. The summed E-state index contributed by atoms with van der Waals surface area (Å²) in [5.74, 6) is 0.357. The van der Waals surface area contributed by atoms with Crippen molar-refractivity contribution in [3.8, 4) is 11.5 Å². The maximum absolute atomic E-state index is 12.4. The molecule has 2 aliphatic rings. The van der Waals surface area contributed by atoms with Crippen LogP contribution in [0.1, 0.15) is 5.56 Å². The van der Waals surface area contributed by atoms with E-state index in [0.29, 0.717) is 24.6 Å². The molecule has 1 atom stereocenters. The summed E-state index contributed by atoms with van der Waals surface area (Å²) in [4.78, 5) is 27.0. The summed E-state index contributed by atoms with van der Waals surface area (Å²) in [6.45, 7) is 1.52. The topological polar surface area (TPSA) is 79.3 Å². The molecule has 0 bridgehead atoms. The van der Waals surface area contributed by atoms with E-state index in [1.165, 1.54) is 0 Å². The molecule has 0 radical (unpaired) electrons. The highest BCUT2D eigenvalue weighted by molar-refractivity contribution is 5.81. The van der Waals surface area contributed by atoms with Gasteiger partial charge < -0.3 is 19.5 Å². The average Bonchev–Trinajstić information content (AvgIpc) is 2.94. The Morgan fingerprint density at radius 2 is 2.05 bits per heavy atom. The Labute approximate surface area is 128 Å². The molecule has 1 amide bonds. The van der Waals surface area contributed by atoms with E-state index in [-0.39, 0.29) is 25.7 Å². The molecule has 3 rings (SSSR count). The third kappa shape index (κ3) is 2.85. The smallest absolute Gasteiger partial charge is 0.322 e. The molecule has 1 aromatic rings. The molecule has 0 saturated carbocycles. The first-order valence-corrected chi connectivity index (χ1v) is 7.14. The highest BCUT2D eigenvalue weighted by Crippen LogP contribution is 2.32. The fourth-order valence-corrected chi connectivity index (χ4v) is 2.70. The van der Waals surface area contributed by atoms with E-state index in [0.717, 1.165) is 5.56 Å². The minimum absolute atomic E-state index is 0.0711.